The third-order valence-electron chi connectivity index (χ3n) is 6.85. The Balaban J connectivity index is 1.53. The second-order valence-corrected chi connectivity index (χ2v) is 9.36. The zero-order chi connectivity index (χ0) is 25.2. The minimum absolute atomic E-state index is 0.118. The molecule has 2 aliphatic rings. The van der Waals surface area contributed by atoms with Gasteiger partial charge in [-0.3, -0.25) is 19.3 Å². The molecular formula is C27H36N4O5. The van der Waals surface area contributed by atoms with Gasteiger partial charge in [0.25, 0.3) is 5.91 Å². The third kappa shape index (κ3) is 7.18. The van der Waals surface area contributed by atoms with Gasteiger partial charge in [-0.2, -0.15) is 0 Å². The summed E-state index contributed by atoms with van der Waals surface area (Å²) < 4.78 is 10.6. The van der Waals surface area contributed by atoms with Gasteiger partial charge in [0.1, 0.15) is 6.04 Å². The van der Waals surface area contributed by atoms with Crippen LogP contribution in [0.25, 0.3) is 0 Å². The molecule has 9 nitrogen and oxygen atoms in total. The van der Waals surface area contributed by atoms with Gasteiger partial charge in [-0.1, -0.05) is 49.6 Å². The van der Waals surface area contributed by atoms with Crippen LogP contribution in [0, 0.1) is 0 Å². The second kappa shape index (κ2) is 13.2. The number of hydrogen-bond donors (Lipinski definition) is 2. The van der Waals surface area contributed by atoms with Gasteiger partial charge in [0.15, 0.2) is 5.76 Å². The number of nitrogens with zero attached hydrogens (tertiary/aromatic N) is 2. The molecule has 194 valence electrons. The molecule has 1 unspecified atom stereocenters. The van der Waals surface area contributed by atoms with Crippen molar-refractivity contribution in [2.45, 2.75) is 44.2 Å². The van der Waals surface area contributed by atoms with E-state index >= 15 is 0 Å². The van der Waals surface area contributed by atoms with Crippen LogP contribution >= 0.6 is 0 Å². The van der Waals surface area contributed by atoms with E-state index in [1.54, 1.807) is 17.0 Å². The van der Waals surface area contributed by atoms with E-state index in [1.165, 1.54) is 12.7 Å². The molecule has 2 fully saturated rings. The van der Waals surface area contributed by atoms with Gasteiger partial charge in [0, 0.05) is 32.2 Å². The first-order valence-corrected chi connectivity index (χ1v) is 12.9. The Bertz CT molecular complexity index is 969. The number of morpholine rings is 1. The quantitative estimate of drug-likeness (QED) is 0.523. The molecular weight excluding hydrogens is 460 g/mol. The van der Waals surface area contributed by atoms with E-state index in [1.807, 2.05) is 30.3 Å². The van der Waals surface area contributed by atoms with Gasteiger partial charge in [-0.25, -0.2) is 0 Å². The molecule has 3 amide bonds. The summed E-state index contributed by atoms with van der Waals surface area (Å²) in [5.41, 5.74) is 0.749. The lowest BCUT2D eigenvalue weighted by Crippen LogP contribution is -2.51. The van der Waals surface area contributed by atoms with Gasteiger partial charge < -0.3 is 24.7 Å². The van der Waals surface area contributed by atoms with E-state index in [2.05, 4.69) is 15.5 Å². The first kappa shape index (κ1) is 25.9. The number of benzene rings is 1. The van der Waals surface area contributed by atoms with Gasteiger partial charge in [-0.05, 0) is 30.5 Å². The Morgan fingerprint density at radius 2 is 1.75 bits per heavy atom. The highest BCUT2D eigenvalue weighted by Crippen LogP contribution is 2.24. The summed E-state index contributed by atoms with van der Waals surface area (Å²) in [7, 11) is 0. The standard InChI is InChI=1S/C27H36N4O5/c32-24(20-28-26(33)23-12-7-17-36-23)31(14-13-30-15-18-35-19-16-30)25(21-8-3-1-4-9-21)27(34)29-22-10-5-2-6-11-22/h1,3-4,7-9,12,17,22,25H,2,5-6,10-11,13-16,18-20H2,(H,28,33)(H,29,34). The molecule has 9 heteroatoms. The topological polar surface area (TPSA) is 104 Å². The summed E-state index contributed by atoms with van der Waals surface area (Å²) in [5.74, 6) is -0.835. The van der Waals surface area contributed by atoms with Gasteiger partial charge >= 0.3 is 0 Å². The Kier molecular flexibility index (Phi) is 9.52. The zero-order valence-corrected chi connectivity index (χ0v) is 20.7. The fourth-order valence-corrected chi connectivity index (χ4v) is 4.86. The van der Waals surface area contributed by atoms with Gasteiger partial charge in [0.05, 0.1) is 26.0 Å². The average molecular weight is 497 g/mol. The van der Waals surface area contributed by atoms with Crippen molar-refractivity contribution in [3.05, 3.63) is 60.1 Å². The summed E-state index contributed by atoms with van der Waals surface area (Å²) in [4.78, 5) is 43.5. The maximum Gasteiger partial charge on any atom is 0.287 e. The SMILES string of the molecule is O=C(NCC(=O)N(CCN1CCOCC1)C(C(=O)NC1CCCCC1)c1ccccc1)c1ccco1. The summed E-state index contributed by atoms with van der Waals surface area (Å²) in [6.07, 6.45) is 6.70. The van der Waals surface area contributed by atoms with Crippen LogP contribution in [0.5, 0.6) is 0 Å². The van der Waals surface area contributed by atoms with Crippen molar-refractivity contribution in [1.82, 2.24) is 20.4 Å². The van der Waals surface area contributed by atoms with Crippen LogP contribution in [0.2, 0.25) is 0 Å². The van der Waals surface area contributed by atoms with E-state index in [0.717, 1.165) is 44.3 Å². The van der Waals surface area contributed by atoms with Crippen LogP contribution in [0.15, 0.2) is 53.1 Å². The number of ether oxygens (including phenoxy) is 1. The highest BCUT2D eigenvalue weighted by Gasteiger charge is 2.33. The summed E-state index contributed by atoms with van der Waals surface area (Å²) in [6.45, 7) is 3.59. The van der Waals surface area contributed by atoms with E-state index < -0.39 is 11.9 Å². The molecule has 1 atom stereocenters. The molecule has 2 aromatic rings. The van der Waals surface area contributed by atoms with Crippen molar-refractivity contribution in [3.8, 4) is 0 Å². The highest BCUT2D eigenvalue weighted by atomic mass is 16.5. The Hall–Kier alpha value is -3.17. The zero-order valence-electron chi connectivity index (χ0n) is 20.7. The predicted molar refractivity (Wildman–Crippen MR) is 134 cm³/mol. The van der Waals surface area contributed by atoms with Crippen molar-refractivity contribution >= 4 is 17.7 Å². The number of hydrogen-bond acceptors (Lipinski definition) is 6. The monoisotopic (exact) mass is 496 g/mol. The first-order valence-electron chi connectivity index (χ1n) is 12.9. The molecule has 2 N–H and O–H groups in total. The second-order valence-electron chi connectivity index (χ2n) is 9.36. The highest BCUT2D eigenvalue weighted by molar-refractivity contribution is 5.95. The molecule has 1 saturated carbocycles. The lowest BCUT2D eigenvalue weighted by atomic mass is 9.94. The fraction of sp³-hybridized carbons (Fsp3) is 0.519. The molecule has 1 aromatic heterocycles. The summed E-state index contributed by atoms with van der Waals surface area (Å²) in [5, 5.41) is 5.85. The van der Waals surface area contributed by atoms with E-state index in [9.17, 15) is 14.4 Å². The number of carbonyl (C=O) groups excluding carboxylic acids is 3. The lowest BCUT2D eigenvalue weighted by molar-refractivity contribution is -0.141. The Morgan fingerprint density at radius 1 is 1.00 bits per heavy atom. The van der Waals surface area contributed by atoms with Crippen molar-refractivity contribution in [2.24, 2.45) is 0 Å². The minimum Gasteiger partial charge on any atom is -0.459 e. The van der Waals surface area contributed by atoms with Crippen LogP contribution < -0.4 is 10.6 Å². The molecule has 1 aliphatic heterocycles. The molecule has 4 rings (SSSR count). The van der Waals surface area contributed by atoms with Crippen LogP contribution in [0.4, 0.5) is 0 Å². The molecule has 1 aromatic carbocycles. The molecule has 0 spiro atoms. The number of furan rings is 1. The van der Waals surface area contributed by atoms with E-state index in [-0.39, 0.29) is 30.2 Å². The van der Waals surface area contributed by atoms with Gasteiger partial charge in [-0.15, -0.1) is 0 Å². The molecule has 36 heavy (non-hydrogen) atoms. The number of nitrogens with one attached hydrogen (secondary N) is 2. The van der Waals surface area contributed by atoms with Crippen molar-refractivity contribution in [2.75, 3.05) is 45.9 Å². The Labute approximate surface area is 212 Å². The molecule has 0 bridgehead atoms. The normalized spacial score (nSPS) is 17.8. The summed E-state index contributed by atoms with van der Waals surface area (Å²) >= 11 is 0. The molecule has 2 heterocycles. The molecule has 1 aliphatic carbocycles. The Morgan fingerprint density at radius 3 is 2.44 bits per heavy atom. The maximum absolute atomic E-state index is 13.7. The fourth-order valence-electron chi connectivity index (χ4n) is 4.86. The number of amides is 3. The number of rotatable bonds is 10. The van der Waals surface area contributed by atoms with Crippen LogP contribution in [-0.4, -0.2) is 79.5 Å². The van der Waals surface area contributed by atoms with Crippen LogP contribution in [0.1, 0.15) is 54.3 Å². The van der Waals surface area contributed by atoms with E-state index in [4.69, 9.17) is 9.15 Å². The molecule has 0 radical (unpaired) electrons. The van der Waals surface area contributed by atoms with Crippen molar-refractivity contribution in [1.29, 1.82) is 0 Å². The third-order valence-corrected chi connectivity index (χ3v) is 6.85. The van der Waals surface area contributed by atoms with E-state index in [0.29, 0.717) is 26.3 Å². The molecule has 1 saturated heterocycles. The van der Waals surface area contributed by atoms with Crippen molar-refractivity contribution in [3.63, 3.8) is 0 Å². The van der Waals surface area contributed by atoms with Gasteiger partial charge in [0.2, 0.25) is 11.8 Å². The maximum atomic E-state index is 13.7. The average Bonchev–Trinajstić information content (AvgIpc) is 3.46. The largest absolute Gasteiger partial charge is 0.459 e. The minimum atomic E-state index is -0.790. The van der Waals surface area contributed by atoms with Crippen molar-refractivity contribution < 1.29 is 23.5 Å². The predicted octanol–water partition coefficient (Wildman–Crippen LogP) is 2.36. The summed E-state index contributed by atoms with van der Waals surface area (Å²) in [6, 6.07) is 11.9. The number of carbonyl (C=O) groups is 3. The van der Waals surface area contributed by atoms with Crippen LogP contribution in [-0.2, 0) is 14.3 Å². The van der Waals surface area contributed by atoms with Crippen LogP contribution in [0.3, 0.4) is 0 Å². The lowest BCUT2D eigenvalue weighted by Gasteiger charge is -2.35. The smallest absolute Gasteiger partial charge is 0.287 e. The first-order chi connectivity index (χ1) is 17.6.